The van der Waals surface area contributed by atoms with Crippen LogP contribution < -0.4 is 21.2 Å². The second-order valence-electron chi connectivity index (χ2n) is 8.20. The molecular weight excluding hydrogens is 426 g/mol. The Bertz CT molecular complexity index is 1020. The molecule has 0 aliphatic rings. The van der Waals surface area contributed by atoms with Crippen molar-refractivity contribution >= 4 is 41.5 Å². The van der Waals surface area contributed by atoms with Gasteiger partial charge < -0.3 is 4.57 Å². The molecule has 0 radical (unpaired) electrons. The summed E-state index contributed by atoms with van der Waals surface area (Å²) < 4.78 is 14.3. The molecule has 4 aromatic rings. The van der Waals surface area contributed by atoms with Crippen LogP contribution in [-0.4, -0.2) is 18.6 Å². The third-order valence-corrected chi connectivity index (χ3v) is 13.0. The van der Waals surface area contributed by atoms with Crippen LogP contribution in [0, 0.1) is 0 Å². The van der Waals surface area contributed by atoms with Crippen molar-refractivity contribution in [2.45, 2.75) is 12.8 Å². The van der Waals surface area contributed by atoms with Gasteiger partial charge in [0.25, 0.3) is 0 Å². The Kier molecular flexibility index (Phi) is 7.31. The summed E-state index contributed by atoms with van der Waals surface area (Å²) in [5.41, 5.74) is 0. The lowest BCUT2D eigenvalue weighted by Crippen LogP contribution is -2.20. The van der Waals surface area contributed by atoms with Crippen molar-refractivity contribution in [3.05, 3.63) is 121 Å². The second-order valence-corrected chi connectivity index (χ2v) is 14.6. The first-order valence-corrected chi connectivity index (χ1v) is 15.2. The molecule has 32 heavy (non-hydrogen) atoms. The van der Waals surface area contributed by atoms with Gasteiger partial charge in [-0.05, 0) is 29.6 Å². The highest BCUT2D eigenvalue weighted by Gasteiger charge is 2.27. The quantitative estimate of drug-likeness (QED) is 0.227. The Morgan fingerprint density at radius 1 is 0.469 bits per heavy atom. The Morgan fingerprint density at radius 2 is 0.781 bits per heavy atom. The Labute approximate surface area is 192 Å². The smallest absolute Gasteiger partial charge is 0.143 e. The molecule has 4 rings (SSSR count). The number of rotatable bonds is 9. The molecule has 0 bridgehead atoms. The van der Waals surface area contributed by atoms with Gasteiger partial charge in [0.1, 0.15) is 7.14 Å². The minimum absolute atomic E-state index is 0.685. The summed E-state index contributed by atoms with van der Waals surface area (Å²) in [5, 5.41) is 4.57. The highest BCUT2D eigenvalue weighted by atomic mass is 31.2. The van der Waals surface area contributed by atoms with Gasteiger partial charge in [-0.3, -0.25) is 0 Å². The zero-order valence-electron chi connectivity index (χ0n) is 18.4. The number of hydrogen-bond acceptors (Lipinski definition) is 1. The lowest BCUT2D eigenvalue weighted by atomic mass is 10.4. The maximum absolute atomic E-state index is 14.3. The van der Waals surface area contributed by atoms with E-state index < -0.39 is 14.0 Å². The van der Waals surface area contributed by atoms with Crippen molar-refractivity contribution in [3.8, 4) is 0 Å². The van der Waals surface area contributed by atoms with E-state index >= 15 is 0 Å². The summed E-state index contributed by atoms with van der Waals surface area (Å²) in [4.78, 5) is 0. The van der Waals surface area contributed by atoms with E-state index in [4.69, 9.17) is 6.30 Å². The van der Waals surface area contributed by atoms with E-state index in [1.165, 1.54) is 10.6 Å². The summed E-state index contributed by atoms with van der Waals surface area (Å²) in [6.45, 7) is -1.74. The van der Waals surface area contributed by atoms with Crippen molar-refractivity contribution in [2.24, 2.45) is 0 Å². The van der Waals surface area contributed by atoms with Gasteiger partial charge in [0.15, 0.2) is 0 Å². The minimum Gasteiger partial charge on any atom is -0.314 e. The predicted octanol–water partition coefficient (Wildman–Crippen LogP) is 5.88. The molecule has 4 aromatic carbocycles. The van der Waals surface area contributed by atoms with E-state index in [-0.39, 0.29) is 0 Å². The van der Waals surface area contributed by atoms with E-state index in [2.05, 4.69) is 60.7 Å². The van der Waals surface area contributed by atoms with Crippen LogP contribution in [0.1, 0.15) is 12.8 Å². The fourth-order valence-corrected chi connectivity index (χ4v) is 10.1. The standard InChI is InChI=1S/C29H30OP2/c1-31(26-16-6-2-7-17-26,27-18-8-3-9-19-27)24-14-15-25-32(30,28-20-10-4-11-21-28)29-22-12-5-13-23-29/h2-13,16-23H,1,14-15,24-25H2. The van der Waals surface area contributed by atoms with Crippen LogP contribution in [0.2, 0.25) is 0 Å². The van der Waals surface area contributed by atoms with E-state index in [0.717, 1.165) is 29.6 Å². The maximum Gasteiger partial charge on any atom is 0.143 e. The molecule has 0 heterocycles. The second kappa shape index (κ2) is 10.4. The van der Waals surface area contributed by atoms with E-state index in [1.54, 1.807) is 0 Å². The summed E-state index contributed by atoms with van der Waals surface area (Å²) >= 11 is 0. The molecule has 1 nitrogen and oxygen atoms in total. The topological polar surface area (TPSA) is 17.1 Å². The molecule has 0 amide bonds. The molecule has 0 spiro atoms. The highest BCUT2D eigenvalue weighted by Crippen LogP contribution is 2.47. The molecule has 3 heteroatoms. The number of unbranched alkanes of at least 4 members (excludes halogenated alkanes) is 1. The molecule has 0 unspecified atom stereocenters. The van der Waals surface area contributed by atoms with Crippen LogP contribution in [0.5, 0.6) is 0 Å². The van der Waals surface area contributed by atoms with E-state index in [1.807, 2.05) is 60.7 Å². The van der Waals surface area contributed by atoms with Gasteiger partial charge in [0.2, 0.25) is 0 Å². The van der Waals surface area contributed by atoms with Crippen molar-refractivity contribution in [2.75, 3.05) is 12.3 Å². The minimum atomic E-state index is -2.66. The fraction of sp³-hybridized carbons (Fsp3) is 0.138. The molecule has 0 atom stereocenters. The third-order valence-electron chi connectivity index (χ3n) is 6.11. The van der Waals surface area contributed by atoms with Crippen LogP contribution in [-0.2, 0) is 4.57 Å². The first kappa shape index (κ1) is 22.6. The van der Waals surface area contributed by atoms with Crippen molar-refractivity contribution in [1.29, 1.82) is 0 Å². The Hall–Kier alpha value is -2.59. The normalized spacial score (nSPS) is 11.9. The highest BCUT2D eigenvalue weighted by molar-refractivity contribution is 7.87. The summed E-state index contributed by atoms with van der Waals surface area (Å²) in [6, 6.07) is 41.4. The molecule has 0 saturated heterocycles. The first-order valence-electron chi connectivity index (χ1n) is 11.2. The van der Waals surface area contributed by atoms with Crippen molar-refractivity contribution < 1.29 is 4.57 Å². The average molecular weight is 457 g/mol. The lowest BCUT2D eigenvalue weighted by Gasteiger charge is -2.26. The molecule has 0 aromatic heterocycles. The van der Waals surface area contributed by atoms with Gasteiger partial charge in [-0.2, -0.15) is 0 Å². The van der Waals surface area contributed by atoms with Gasteiger partial charge in [-0.1, -0.05) is 135 Å². The van der Waals surface area contributed by atoms with E-state index in [9.17, 15) is 4.57 Å². The van der Waals surface area contributed by atoms with Gasteiger partial charge >= 0.3 is 0 Å². The lowest BCUT2D eigenvalue weighted by molar-refractivity contribution is 0.585. The van der Waals surface area contributed by atoms with Crippen LogP contribution in [0.15, 0.2) is 121 Å². The summed E-state index contributed by atoms with van der Waals surface area (Å²) in [7, 11) is -2.66. The first-order chi connectivity index (χ1) is 15.6. The zero-order chi connectivity index (χ0) is 22.3. The summed E-state index contributed by atoms with van der Waals surface area (Å²) in [5.74, 6) is 0. The molecule has 0 aliphatic heterocycles. The zero-order valence-corrected chi connectivity index (χ0v) is 20.2. The Morgan fingerprint density at radius 3 is 1.16 bits per heavy atom. The van der Waals surface area contributed by atoms with Crippen molar-refractivity contribution in [3.63, 3.8) is 0 Å². The third kappa shape index (κ3) is 4.91. The van der Waals surface area contributed by atoms with E-state index in [0.29, 0.717) is 6.16 Å². The van der Waals surface area contributed by atoms with Gasteiger partial charge in [-0.15, -0.1) is 0 Å². The molecule has 0 saturated carbocycles. The maximum atomic E-state index is 14.3. The molecule has 162 valence electrons. The van der Waals surface area contributed by atoms with Crippen LogP contribution in [0.4, 0.5) is 0 Å². The van der Waals surface area contributed by atoms with Crippen LogP contribution in [0.25, 0.3) is 0 Å². The van der Waals surface area contributed by atoms with Gasteiger partial charge in [0.05, 0.1) is 0 Å². The largest absolute Gasteiger partial charge is 0.314 e. The van der Waals surface area contributed by atoms with Crippen LogP contribution in [0.3, 0.4) is 0 Å². The molecule has 0 N–H and O–H groups in total. The average Bonchev–Trinajstić information content (AvgIpc) is 2.88. The van der Waals surface area contributed by atoms with Crippen molar-refractivity contribution in [1.82, 2.24) is 0 Å². The van der Waals surface area contributed by atoms with Crippen LogP contribution >= 0.6 is 14.0 Å². The Balaban J connectivity index is 1.55. The molecule has 0 fully saturated rings. The van der Waals surface area contributed by atoms with Gasteiger partial charge in [-0.25, -0.2) is 0 Å². The number of benzene rings is 4. The number of hydrogen-bond donors (Lipinski definition) is 0. The summed E-state index contributed by atoms with van der Waals surface area (Å²) in [6.07, 6.45) is 8.43. The van der Waals surface area contributed by atoms with Gasteiger partial charge in [0, 0.05) is 16.8 Å². The predicted molar refractivity (Wildman–Crippen MR) is 145 cm³/mol. The monoisotopic (exact) mass is 456 g/mol. The molecule has 0 aliphatic carbocycles. The SMILES string of the molecule is C=P(CCCCP(=O)(c1ccccc1)c1ccccc1)(c1ccccc1)c1ccccc1. The fourth-order valence-electron chi connectivity index (χ4n) is 4.30. The molecular formula is C29H30OP2.